The van der Waals surface area contributed by atoms with Crippen LogP contribution in [0, 0.1) is 47.8 Å². The molecule has 4 N–H and O–H groups in total. The van der Waals surface area contributed by atoms with Gasteiger partial charge in [-0.2, -0.15) is 15.8 Å². The van der Waals surface area contributed by atoms with Crippen molar-refractivity contribution in [2.75, 3.05) is 13.2 Å². The average Bonchev–Trinajstić information content (AvgIpc) is 3.34. The Labute approximate surface area is 410 Å². The van der Waals surface area contributed by atoms with Gasteiger partial charge in [0, 0.05) is 65.6 Å². The molecule has 0 aliphatic heterocycles. The topological polar surface area (TPSA) is 180 Å². The van der Waals surface area contributed by atoms with Crippen molar-refractivity contribution >= 4 is 23.2 Å². The summed E-state index contributed by atoms with van der Waals surface area (Å²) < 4.78 is 12.7. The number of nitrogens with zero attached hydrogens (tertiary/aromatic N) is 5. The smallest absolute Gasteiger partial charge is 0.142 e. The van der Waals surface area contributed by atoms with E-state index in [1.807, 2.05) is 45.0 Å². The van der Waals surface area contributed by atoms with Crippen LogP contribution in [0.15, 0.2) is 97.6 Å². The van der Waals surface area contributed by atoms with E-state index < -0.39 is 11.1 Å². The molecular weight excluding hydrogens is 894 g/mol. The fraction of sp³-hybridized carbons (Fsp3) is 0.327. The third kappa shape index (κ3) is 13.4. The first-order chi connectivity index (χ1) is 32.7. The van der Waals surface area contributed by atoms with E-state index in [0.29, 0.717) is 65.0 Å². The number of aliphatic hydroxyl groups excluding tert-OH is 2. The second kappa shape index (κ2) is 23.6. The molecule has 0 aliphatic carbocycles. The number of benzene rings is 4. The Bertz CT molecular complexity index is 2870. The molecule has 6 rings (SSSR count). The van der Waals surface area contributed by atoms with E-state index >= 15 is 0 Å². The number of hydrogen-bond acceptors (Lipinski definition) is 11. The van der Waals surface area contributed by atoms with Crippen molar-refractivity contribution < 1.29 is 19.7 Å². The number of halogens is 2. The highest BCUT2D eigenvalue weighted by Crippen LogP contribution is 2.36. The number of hydrogen-bond donors (Lipinski definition) is 4. The molecular formula is C55H57Cl2N7O4. The highest BCUT2D eigenvalue weighted by Gasteiger charge is 2.24. The fourth-order valence-corrected chi connectivity index (χ4v) is 8.38. The summed E-state index contributed by atoms with van der Waals surface area (Å²) in [6, 6.07) is 30.5. The first kappa shape index (κ1) is 51.1. The molecule has 0 amide bonds. The van der Waals surface area contributed by atoms with Crippen LogP contribution in [-0.4, -0.2) is 44.5 Å². The summed E-state index contributed by atoms with van der Waals surface area (Å²) in [6.07, 6.45) is 9.47. The van der Waals surface area contributed by atoms with Crippen molar-refractivity contribution in [3.8, 4) is 40.8 Å². The van der Waals surface area contributed by atoms with Gasteiger partial charge in [0.25, 0.3) is 0 Å². The van der Waals surface area contributed by atoms with Gasteiger partial charge in [0.05, 0.1) is 47.4 Å². The number of nitriles is 3. The molecule has 13 heteroatoms. The highest BCUT2D eigenvalue weighted by molar-refractivity contribution is 6.32. The minimum atomic E-state index is -0.764. The fourth-order valence-electron chi connectivity index (χ4n) is 7.86. The third-order valence-electron chi connectivity index (χ3n) is 12.3. The Kier molecular flexibility index (Phi) is 17.7. The van der Waals surface area contributed by atoms with Crippen LogP contribution in [0.1, 0.15) is 94.0 Å². The van der Waals surface area contributed by atoms with Crippen molar-refractivity contribution in [1.29, 1.82) is 15.8 Å². The summed E-state index contributed by atoms with van der Waals surface area (Å²) in [5, 5.41) is 55.9. The van der Waals surface area contributed by atoms with E-state index in [1.165, 1.54) is 17.3 Å². The molecule has 1 unspecified atom stereocenters. The predicted octanol–water partition coefficient (Wildman–Crippen LogP) is 10.2. The van der Waals surface area contributed by atoms with Crippen LogP contribution in [0.2, 0.25) is 10.0 Å². The number of aryl methyl sites for hydroxylation is 4. The van der Waals surface area contributed by atoms with E-state index in [2.05, 4.69) is 89.1 Å². The van der Waals surface area contributed by atoms with E-state index in [9.17, 15) is 26.0 Å². The Hall–Kier alpha value is -6.33. The molecule has 68 heavy (non-hydrogen) atoms. The Morgan fingerprint density at radius 3 is 1.84 bits per heavy atom. The van der Waals surface area contributed by atoms with E-state index in [1.54, 1.807) is 30.7 Å². The number of pyridine rings is 2. The molecule has 0 saturated carbocycles. The molecule has 6 aromatic rings. The molecule has 1 atom stereocenters. The molecule has 0 spiro atoms. The van der Waals surface area contributed by atoms with Crippen LogP contribution >= 0.6 is 23.2 Å². The number of rotatable bonds is 22. The second-order valence-electron chi connectivity index (χ2n) is 18.0. The van der Waals surface area contributed by atoms with E-state index in [-0.39, 0.29) is 32.8 Å². The summed E-state index contributed by atoms with van der Waals surface area (Å²) in [5.41, 5.74) is 11.9. The SMILES string of the molecule is Cc1c(CCc2cc(CCc3cncc(C#N)c3)c(CNC(C)(CO)CC#N)cc2Cl)cccc1-c1cccc(COc2cc(OCc3cncc(C#N)c3)c(CNC(C)(C)CO)cc2Cl)c1C. The first-order valence-electron chi connectivity index (χ1n) is 22.5. The lowest BCUT2D eigenvalue weighted by molar-refractivity contribution is 0.176. The molecule has 0 fully saturated rings. The largest absolute Gasteiger partial charge is 0.488 e. The van der Waals surface area contributed by atoms with Gasteiger partial charge in [-0.05, 0) is 140 Å². The monoisotopic (exact) mass is 949 g/mol. The lowest BCUT2D eigenvalue weighted by Gasteiger charge is -2.27. The molecule has 0 bridgehead atoms. The summed E-state index contributed by atoms with van der Waals surface area (Å²) in [5.74, 6) is 1.01. The van der Waals surface area contributed by atoms with Crippen molar-refractivity contribution in [3.63, 3.8) is 0 Å². The Morgan fingerprint density at radius 1 is 0.588 bits per heavy atom. The maximum Gasteiger partial charge on any atom is 0.142 e. The van der Waals surface area contributed by atoms with Gasteiger partial charge in [0.1, 0.15) is 36.9 Å². The predicted molar refractivity (Wildman–Crippen MR) is 266 cm³/mol. The summed E-state index contributed by atoms with van der Waals surface area (Å²) >= 11 is 13.9. The zero-order chi connectivity index (χ0) is 48.8. The Morgan fingerprint density at radius 2 is 1.18 bits per heavy atom. The van der Waals surface area contributed by atoms with Crippen molar-refractivity contribution in [3.05, 3.63) is 174 Å². The lowest BCUT2D eigenvalue weighted by Crippen LogP contribution is -2.45. The van der Waals surface area contributed by atoms with Crippen LogP contribution in [0.5, 0.6) is 11.5 Å². The standard InChI is InChI=1S/C55H57Cl2N7O4/c1-36-42(14-15-44-20-43(13-12-38-18-39(24-59)27-61-26-38)46(21-50(44)56)30-64-55(5,35-66)16-17-58)8-6-10-48(36)49-11-7-9-45(37(49)2)33-68-53-23-52(67-32-41-19-40(25-60)28-62-29-41)47(22-51(53)57)31-63-54(3,4)34-65/h6-11,18-23,26-29,63-66H,12-16,30-35H2,1-5H3. The van der Waals surface area contributed by atoms with Crippen LogP contribution in [0.25, 0.3) is 11.1 Å². The van der Waals surface area contributed by atoms with E-state index in [0.717, 1.165) is 62.1 Å². The second-order valence-corrected chi connectivity index (χ2v) is 18.9. The summed E-state index contributed by atoms with van der Waals surface area (Å²) in [7, 11) is 0. The van der Waals surface area contributed by atoms with Gasteiger partial charge < -0.3 is 30.3 Å². The quantitative estimate of drug-likeness (QED) is 0.0509. The maximum atomic E-state index is 10.1. The molecule has 0 saturated heterocycles. The van der Waals surface area contributed by atoms with Crippen molar-refractivity contribution in [2.24, 2.45) is 0 Å². The number of aromatic nitrogens is 2. The van der Waals surface area contributed by atoms with Crippen molar-refractivity contribution in [1.82, 2.24) is 20.6 Å². The van der Waals surface area contributed by atoms with Crippen molar-refractivity contribution in [2.45, 2.75) is 104 Å². The summed E-state index contributed by atoms with van der Waals surface area (Å²) in [4.78, 5) is 8.41. The molecule has 350 valence electrons. The van der Waals surface area contributed by atoms with Gasteiger partial charge in [0.2, 0.25) is 0 Å². The first-order valence-corrected chi connectivity index (χ1v) is 23.3. The van der Waals surface area contributed by atoms with Gasteiger partial charge in [-0.15, -0.1) is 0 Å². The van der Waals surface area contributed by atoms with Crippen LogP contribution in [0.4, 0.5) is 0 Å². The minimum Gasteiger partial charge on any atom is -0.488 e. The highest BCUT2D eigenvalue weighted by atomic mass is 35.5. The molecule has 2 heterocycles. The number of ether oxygens (including phenoxy) is 2. The van der Waals surface area contributed by atoms with Crippen LogP contribution < -0.4 is 20.1 Å². The third-order valence-corrected chi connectivity index (χ3v) is 13.0. The zero-order valence-corrected chi connectivity index (χ0v) is 40.7. The van der Waals surface area contributed by atoms with Crippen LogP contribution in [-0.2, 0) is 52.0 Å². The maximum absolute atomic E-state index is 10.1. The molecule has 0 radical (unpaired) electrons. The van der Waals surface area contributed by atoms with E-state index in [4.69, 9.17) is 32.7 Å². The van der Waals surface area contributed by atoms with Crippen LogP contribution in [0.3, 0.4) is 0 Å². The zero-order valence-electron chi connectivity index (χ0n) is 39.2. The van der Waals surface area contributed by atoms with Gasteiger partial charge in [-0.25, -0.2) is 0 Å². The van der Waals surface area contributed by atoms with Gasteiger partial charge in [-0.3, -0.25) is 9.97 Å². The summed E-state index contributed by atoms with van der Waals surface area (Å²) in [6.45, 7) is 10.9. The molecule has 2 aromatic heterocycles. The average molecular weight is 951 g/mol. The molecule has 0 aliphatic rings. The number of nitrogens with one attached hydrogen (secondary N) is 2. The number of aliphatic hydroxyl groups is 2. The Balaban J connectivity index is 1.21. The van der Waals surface area contributed by atoms with Gasteiger partial charge in [-0.1, -0.05) is 65.7 Å². The molecule has 11 nitrogen and oxygen atoms in total. The normalized spacial score (nSPS) is 12.1. The molecule has 4 aromatic carbocycles. The van der Waals surface area contributed by atoms with Gasteiger partial charge in [0.15, 0.2) is 0 Å². The minimum absolute atomic E-state index is 0.0583. The lowest BCUT2D eigenvalue weighted by atomic mass is 9.89. The van der Waals surface area contributed by atoms with Gasteiger partial charge >= 0.3 is 0 Å².